The van der Waals surface area contributed by atoms with Crippen molar-refractivity contribution in [2.24, 2.45) is 17.6 Å². The number of carbonyl (C=O) groups excluding carboxylic acids is 2. The van der Waals surface area contributed by atoms with Crippen LogP contribution < -0.4 is 11.1 Å². The Balaban J connectivity index is 0.00000242. The van der Waals surface area contributed by atoms with Crippen LogP contribution in [-0.4, -0.2) is 41.4 Å². The Morgan fingerprint density at radius 2 is 2.14 bits per heavy atom. The first-order chi connectivity index (χ1) is 9.91. The zero-order valence-corrected chi connectivity index (χ0v) is 14.7. The van der Waals surface area contributed by atoms with Gasteiger partial charge in [0.15, 0.2) is 0 Å². The van der Waals surface area contributed by atoms with E-state index in [-0.39, 0.29) is 41.7 Å². The third kappa shape index (κ3) is 4.13. The molecule has 0 aromatic carbocycles. The molecule has 1 saturated carbocycles. The van der Waals surface area contributed by atoms with Crippen molar-refractivity contribution < 1.29 is 9.59 Å². The van der Waals surface area contributed by atoms with Gasteiger partial charge in [0.25, 0.3) is 0 Å². The van der Waals surface area contributed by atoms with Gasteiger partial charge in [0.05, 0.1) is 11.5 Å². The monoisotopic (exact) mass is 331 g/mol. The summed E-state index contributed by atoms with van der Waals surface area (Å²) in [6.07, 6.45) is 4.65. The number of nitrogens with zero attached hydrogens (tertiary/aromatic N) is 1. The van der Waals surface area contributed by atoms with Gasteiger partial charge in [0, 0.05) is 25.6 Å². The number of nitrogens with one attached hydrogen (secondary N) is 1. The number of carbonyl (C=O) groups is 2. The second-order valence-corrected chi connectivity index (χ2v) is 6.97. The van der Waals surface area contributed by atoms with Crippen molar-refractivity contribution in [1.82, 2.24) is 10.2 Å². The summed E-state index contributed by atoms with van der Waals surface area (Å²) < 4.78 is 0. The maximum absolute atomic E-state index is 12.5. The van der Waals surface area contributed by atoms with Crippen molar-refractivity contribution in [3.05, 3.63) is 0 Å². The molecule has 2 aliphatic rings. The Bertz CT molecular complexity index is 414. The number of hydrogen-bond acceptors (Lipinski definition) is 3. The van der Waals surface area contributed by atoms with Crippen LogP contribution in [0.1, 0.15) is 52.9 Å². The summed E-state index contributed by atoms with van der Waals surface area (Å²) in [6.45, 7) is 7.22. The first-order valence-electron chi connectivity index (χ1n) is 8.22. The van der Waals surface area contributed by atoms with Crippen LogP contribution in [0, 0.1) is 11.8 Å². The zero-order valence-electron chi connectivity index (χ0n) is 13.9. The van der Waals surface area contributed by atoms with Crippen molar-refractivity contribution in [3.8, 4) is 0 Å². The summed E-state index contributed by atoms with van der Waals surface area (Å²) in [4.78, 5) is 26.5. The normalized spacial score (nSPS) is 25.4. The number of halogens is 1. The minimum Gasteiger partial charge on any atom is -0.349 e. The Hall–Kier alpha value is -0.810. The van der Waals surface area contributed by atoms with Gasteiger partial charge in [-0.15, -0.1) is 12.4 Å². The van der Waals surface area contributed by atoms with Crippen LogP contribution in [0.2, 0.25) is 0 Å². The summed E-state index contributed by atoms with van der Waals surface area (Å²) >= 11 is 0. The molecule has 3 atom stereocenters. The van der Waals surface area contributed by atoms with Gasteiger partial charge in [-0.3, -0.25) is 9.59 Å². The third-order valence-corrected chi connectivity index (χ3v) is 5.08. The molecule has 2 rings (SSSR count). The smallest absolute Gasteiger partial charge is 0.225 e. The van der Waals surface area contributed by atoms with Crippen LogP contribution in [0.15, 0.2) is 0 Å². The highest BCUT2D eigenvalue weighted by Gasteiger charge is 2.44. The minimum absolute atomic E-state index is 0. The molecule has 1 aliphatic heterocycles. The van der Waals surface area contributed by atoms with E-state index in [1.807, 2.05) is 11.8 Å². The Kier molecular flexibility index (Phi) is 6.68. The van der Waals surface area contributed by atoms with E-state index in [2.05, 4.69) is 19.2 Å². The van der Waals surface area contributed by atoms with Gasteiger partial charge in [0.2, 0.25) is 11.8 Å². The summed E-state index contributed by atoms with van der Waals surface area (Å²) in [5.41, 5.74) is 5.54. The molecule has 1 aliphatic carbocycles. The van der Waals surface area contributed by atoms with Gasteiger partial charge in [-0.25, -0.2) is 0 Å². The lowest BCUT2D eigenvalue weighted by Gasteiger charge is -2.31. The van der Waals surface area contributed by atoms with Crippen LogP contribution in [-0.2, 0) is 9.59 Å². The lowest BCUT2D eigenvalue weighted by Crippen LogP contribution is -2.55. The molecule has 0 radical (unpaired) electrons. The molecular weight excluding hydrogens is 302 g/mol. The van der Waals surface area contributed by atoms with Crippen molar-refractivity contribution in [1.29, 1.82) is 0 Å². The predicted molar refractivity (Wildman–Crippen MR) is 89.8 cm³/mol. The van der Waals surface area contributed by atoms with E-state index in [1.54, 1.807) is 0 Å². The number of likely N-dealkylation sites (tertiary alicyclic amines) is 1. The summed E-state index contributed by atoms with van der Waals surface area (Å²) in [5, 5.41) is 3.12. The molecule has 128 valence electrons. The summed E-state index contributed by atoms with van der Waals surface area (Å²) in [7, 11) is 0. The van der Waals surface area contributed by atoms with Gasteiger partial charge >= 0.3 is 0 Å². The maximum Gasteiger partial charge on any atom is 0.225 e. The van der Waals surface area contributed by atoms with Gasteiger partial charge in [-0.1, -0.05) is 13.3 Å². The molecule has 2 fully saturated rings. The number of rotatable bonds is 7. The molecule has 1 saturated heterocycles. The average Bonchev–Trinajstić information content (AvgIpc) is 3.22. The van der Waals surface area contributed by atoms with Crippen LogP contribution in [0.3, 0.4) is 0 Å². The topological polar surface area (TPSA) is 75.4 Å². The fourth-order valence-corrected chi connectivity index (χ4v) is 3.33. The third-order valence-electron chi connectivity index (χ3n) is 5.08. The van der Waals surface area contributed by atoms with E-state index in [1.165, 1.54) is 0 Å². The highest BCUT2D eigenvalue weighted by molar-refractivity contribution is 5.89. The SMILES string of the molecule is CCCC(C)N1CC(C(=O)NC(C)(CN)C2CC2)CC1=O.Cl. The fourth-order valence-electron chi connectivity index (χ4n) is 3.33. The summed E-state index contributed by atoms with van der Waals surface area (Å²) in [5.74, 6) is 0.381. The Morgan fingerprint density at radius 1 is 1.50 bits per heavy atom. The minimum atomic E-state index is -0.303. The highest BCUT2D eigenvalue weighted by Crippen LogP contribution is 2.39. The molecule has 0 spiro atoms. The van der Waals surface area contributed by atoms with Crippen LogP contribution >= 0.6 is 12.4 Å². The molecular formula is C16H30ClN3O2. The average molecular weight is 332 g/mol. The van der Waals surface area contributed by atoms with Crippen molar-refractivity contribution in [3.63, 3.8) is 0 Å². The van der Waals surface area contributed by atoms with Gasteiger partial charge < -0.3 is 16.0 Å². The van der Waals surface area contributed by atoms with E-state index in [0.29, 0.717) is 25.4 Å². The van der Waals surface area contributed by atoms with Crippen LogP contribution in [0.4, 0.5) is 0 Å². The molecule has 3 N–H and O–H groups in total. The Morgan fingerprint density at radius 3 is 2.64 bits per heavy atom. The first kappa shape index (κ1) is 19.2. The Labute approximate surface area is 139 Å². The van der Waals surface area contributed by atoms with Crippen molar-refractivity contribution in [2.45, 2.75) is 64.5 Å². The molecule has 0 bridgehead atoms. The molecule has 2 amide bonds. The molecule has 0 aromatic rings. The van der Waals surface area contributed by atoms with Gasteiger partial charge in [-0.2, -0.15) is 0 Å². The van der Waals surface area contributed by atoms with E-state index in [4.69, 9.17) is 5.73 Å². The summed E-state index contributed by atoms with van der Waals surface area (Å²) in [6, 6.07) is 0.227. The fraction of sp³-hybridized carbons (Fsp3) is 0.875. The van der Waals surface area contributed by atoms with E-state index >= 15 is 0 Å². The molecule has 1 heterocycles. The number of hydrogen-bond donors (Lipinski definition) is 2. The largest absolute Gasteiger partial charge is 0.349 e. The second kappa shape index (κ2) is 7.64. The van der Waals surface area contributed by atoms with E-state index < -0.39 is 0 Å². The maximum atomic E-state index is 12.5. The molecule has 6 heteroatoms. The van der Waals surface area contributed by atoms with Crippen LogP contribution in [0.5, 0.6) is 0 Å². The van der Waals surface area contributed by atoms with E-state index in [9.17, 15) is 9.59 Å². The zero-order chi connectivity index (χ0) is 15.6. The first-order valence-corrected chi connectivity index (χ1v) is 8.22. The lowest BCUT2D eigenvalue weighted by molar-refractivity contribution is -0.130. The van der Waals surface area contributed by atoms with E-state index in [0.717, 1.165) is 25.7 Å². The second-order valence-electron chi connectivity index (χ2n) is 6.97. The molecule has 3 unspecified atom stereocenters. The quantitative estimate of drug-likeness (QED) is 0.745. The van der Waals surface area contributed by atoms with Crippen LogP contribution in [0.25, 0.3) is 0 Å². The highest BCUT2D eigenvalue weighted by atomic mass is 35.5. The van der Waals surface area contributed by atoms with Gasteiger partial charge in [0.1, 0.15) is 0 Å². The van der Waals surface area contributed by atoms with Crippen molar-refractivity contribution >= 4 is 24.2 Å². The molecule has 22 heavy (non-hydrogen) atoms. The number of amides is 2. The number of nitrogens with two attached hydrogens (primary N) is 1. The van der Waals surface area contributed by atoms with Gasteiger partial charge in [-0.05, 0) is 39.0 Å². The molecule has 0 aromatic heterocycles. The lowest BCUT2D eigenvalue weighted by atomic mass is 9.94. The predicted octanol–water partition coefficient (Wildman–Crippen LogP) is 1.69. The molecule has 5 nitrogen and oxygen atoms in total. The van der Waals surface area contributed by atoms with Crippen molar-refractivity contribution in [2.75, 3.05) is 13.1 Å². The standard InChI is InChI=1S/C16H29N3O2.ClH/c1-4-5-11(2)19-9-12(8-14(19)20)15(21)18-16(3,10-17)13-6-7-13;/h11-13H,4-10,17H2,1-3H3,(H,18,21);1H.